The second-order valence-corrected chi connectivity index (χ2v) is 7.96. The Balaban J connectivity index is 1.95. The number of benzene rings is 1. The smallest absolute Gasteiger partial charge is 0.243 e. The minimum Gasteiger partial charge on any atom is -0.379 e. The number of aliphatic imine (C=N–C) groups is 1. The molecular weight excluding hydrogens is 366 g/mol. The molecule has 0 aromatic heterocycles. The first-order valence-corrected chi connectivity index (χ1v) is 10.6. The van der Waals surface area contributed by atoms with Gasteiger partial charge in [0.05, 0.1) is 13.2 Å². The van der Waals surface area contributed by atoms with Crippen LogP contribution in [0.3, 0.4) is 0 Å². The lowest BCUT2D eigenvalue weighted by Gasteiger charge is -2.37. The van der Waals surface area contributed by atoms with E-state index in [2.05, 4.69) is 46.5 Å². The van der Waals surface area contributed by atoms with Gasteiger partial charge >= 0.3 is 0 Å². The average Bonchev–Trinajstić information content (AvgIpc) is 2.72. The van der Waals surface area contributed by atoms with Crippen molar-refractivity contribution < 1.29 is 9.53 Å². The lowest BCUT2D eigenvalue weighted by atomic mass is 10.0. The van der Waals surface area contributed by atoms with E-state index in [4.69, 9.17) is 4.74 Å². The van der Waals surface area contributed by atoms with Gasteiger partial charge in [-0.1, -0.05) is 44.2 Å². The maximum Gasteiger partial charge on any atom is 0.243 e. The van der Waals surface area contributed by atoms with Crippen LogP contribution in [0, 0.1) is 5.92 Å². The summed E-state index contributed by atoms with van der Waals surface area (Å²) in [6.07, 6.45) is 0.903. The number of ether oxygens (including phenoxy) is 1. The topological polar surface area (TPSA) is 69.2 Å². The molecule has 1 unspecified atom stereocenters. The summed E-state index contributed by atoms with van der Waals surface area (Å²) >= 11 is 0. The first-order chi connectivity index (χ1) is 14.0. The van der Waals surface area contributed by atoms with Gasteiger partial charge in [0.25, 0.3) is 0 Å². The highest BCUT2D eigenvalue weighted by molar-refractivity contribution is 5.84. The van der Waals surface area contributed by atoms with Gasteiger partial charge in [0.2, 0.25) is 5.91 Å². The number of amides is 1. The molecule has 1 aromatic rings. The van der Waals surface area contributed by atoms with E-state index in [-0.39, 0.29) is 12.5 Å². The van der Waals surface area contributed by atoms with Crippen molar-refractivity contribution in [2.45, 2.75) is 26.3 Å². The van der Waals surface area contributed by atoms with Crippen LogP contribution in [0.1, 0.15) is 19.4 Å². The van der Waals surface area contributed by atoms with Crippen molar-refractivity contribution in [3.63, 3.8) is 0 Å². The zero-order chi connectivity index (χ0) is 21.1. The molecule has 0 saturated carbocycles. The molecule has 2 rings (SSSR count). The third-order valence-corrected chi connectivity index (χ3v) is 5.18. The first kappa shape index (κ1) is 23.2. The molecule has 1 atom stereocenters. The zero-order valence-corrected chi connectivity index (χ0v) is 18.4. The minimum absolute atomic E-state index is 0.0113. The molecular formula is C22H37N5O2. The number of hydrogen-bond donors (Lipinski definition) is 2. The molecule has 2 N–H and O–H groups in total. The Hall–Kier alpha value is -2.12. The minimum atomic E-state index is -0.0113. The summed E-state index contributed by atoms with van der Waals surface area (Å²) in [5, 5.41) is 6.85. The van der Waals surface area contributed by atoms with Crippen LogP contribution in [0.4, 0.5) is 0 Å². The monoisotopic (exact) mass is 403 g/mol. The molecule has 1 aliphatic rings. The van der Waals surface area contributed by atoms with Crippen LogP contribution in [-0.2, 0) is 16.0 Å². The molecule has 0 aliphatic carbocycles. The number of likely N-dealkylation sites (N-methyl/N-ethyl adjacent to an activating group) is 1. The number of nitrogens with zero attached hydrogens (tertiary/aromatic N) is 3. The van der Waals surface area contributed by atoms with Gasteiger partial charge in [0.15, 0.2) is 5.96 Å². The molecule has 0 bridgehead atoms. The predicted octanol–water partition coefficient (Wildman–Crippen LogP) is 1.21. The molecule has 29 heavy (non-hydrogen) atoms. The Morgan fingerprint density at radius 3 is 2.48 bits per heavy atom. The molecule has 0 radical (unpaired) electrons. The quantitative estimate of drug-likeness (QED) is 0.479. The Morgan fingerprint density at radius 1 is 1.17 bits per heavy atom. The van der Waals surface area contributed by atoms with Crippen LogP contribution in [0.2, 0.25) is 0 Å². The van der Waals surface area contributed by atoms with Crippen molar-refractivity contribution in [1.29, 1.82) is 0 Å². The van der Waals surface area contributed by atoms with E-state index in [1.807, 2.05) is 18.2 Å². The van der Waals surface area contributed by atoms with Gasteiger partial charge in [-0.05, 0) is 17.9 Å². The fraction of sp³-hybridized carbons (Fsp3) is 0.636. The van der Waals surface area contributed by atoms with Gasteiger partial charge in [0, 0.05) is 46.3 Å². The molecule has 1 fully saturated rings. The standard InChI is InChI=1S/C22H37N5O2/c1-18(2)20(27-12-14-29-15-13-27)16-24-22(25-17-21(28)26(3)4)23-11-10-19-8-6-5-7-9-19/h5-9,18,20H,10-17H2,1-4H3,(H2,23,24,25). The molecule has 162 valence electrons. The van der Waals surface area contributed by atoms with Gasteiger partial charge in [-0.2, -0.15) is 0 Å². The molecule has 1 saturated heterocycles. The Bertz CT molecular complexity index is 627. The normalized spacial score (nSPS) is 16.5. The SMILES string of the molecule is CC(C)C(CNC(=NCC(=O)N(C)C)NCCc1ccccc1)N1CCOCC1. The molecule has 7 heteroatoms. The molecule has 0 spiro atoms. The highest BCUT2D eigenvalue weighted by Crippen LogP contribution is 2.12. The van der Waals surface area contributed by atoms with Gasteiger partial charge in [-0.25, -0.2) is 4.99 Å². The number of rotatable bonds is 9. The predicted molar refractivity (Wildman–Crippen MR) is 118 cm³/mol. The number of nitrogens with one attached hydrogen (secondary N) is 2. The molecule has 1 aliphatic heterocycles. The Kier molecular flexibility index (Phi) is 9.94. The summed E-state index contributed by atoms with van der Waals surface area (Å²) < 4.78 is 5.50. The summed E-state index contributed by atoms with van der Waals surface area (Å²) in [6, 6.07) is 10.8. The van der Waals surface area contributed by atoms with Crippen molar-refractivity contribution >= 4 is 11.9 Å². The van der Waals surface area contributed by atoms with Crippen LogP contribution < -0.4 is 10.6 Å². The van der Waals surface area contributed by atoms with Crippen molar-refractivity contribution in [2.75, 3.05) is 60.0 Å². The average molecular weight is 404 g/mol. The third-order valence-electron chi connectivity index (χ3n) is 5.18. The highest BCUT2D eigenvalue weighted by atomic mass is 16.5. The van der Waals surface area contributed by atoms with Crippen molar-refractivity contribution in [1.82, 2.24) is 20.4 Å². The Morgan fingerprint density at radius 2 is 1.86 bits per heavy atom. The van der Waals surface area contributed by atoms with Crippen LogP contribution in [-0.4, -0.2) is 87.7 Å². The van der Waals surface area contributed by atoms with E-state index in [1.165, 1.54) is 5.56 Å². The summed E-state index contributed by atoms with van der Waals surface area (Å²) in [5.74, 6) is 1.19. The lowest BCUT2D eigenvalue weighted by Crippen LogP contribution is -2.52. The summed E-state index contributed by atoms with van der Waals surface area (Å²) in [7, 11) is 3.50. The lowest BCUT2D eigenvalue weighted by molar-refractivity contribution is -0.127. The van der Waals surface area contributed by atoms with Crippen molar-refractivity contribution in [3.8, 4) is 0 Å². The van der Waals surface area contributed by atoms with Crippen molar-refractivity contribution in [2.24, 2.45) is 10.9 Å². The molecule has 1 aromatic carbocycles. The number of guanidine groups is 1. The number of carbonyl (C=O) groups is 1. The molecule has 7 nitrogen and oxygen atoms in total. The first-order valence-electron chi connectivity index (χ1n) is 10.6. The van der Waals surface area contributed by atoms with E-state index in [1.54, 1.807) is 19.0 Å². The molecule has 1 heterocycles. The summed E-state index contributed by atoms with van der Waals surface area (Å²) in [5.41, 5.74) is 1.28. The number of carbonyl (C=O) groups excluding carboxylic acids is 1. The summed E-state index contributed by atoms with van der Waals surface area (Å²) in [6.45, 7) is 9.66. The fourth-order valence-corrected chi connectivity index (χ4v) is 3.33. The second kappa shape index (κ2) is 12.4. The van der Waals surface area contributed by atoms with E-state index in [0.717, 1.165) is 45.8 Å². The summed E-state index contributed by atoms with van der Waals surface area (Å²) in [4.78, 5) is 20.5. The maximum absolute atomic E-state index is 12.0. The largest absolute Gasteiger partial charge is 0.379 e. The maximum atomic E-state index is 12.0. The third kappa shape index (κ3) is 8.41. The van der Waals surface area contributed by atoms with Crippen LogP contribution in [0.25, 0.3) is 0 Å². The van der Waals surface area contributed by atoms with Crippen LogP contribution >= 0.6 is 0 Å². The van der Waals surface area contributed by atoms with Gasteiger partial charge < -0.3 is 20.3 Å². The van der Waals surface area contributed by atoms with Crippen molar-refractivity contribution in [3.05, 3.63) is 35.9 Å². The van der Waals surface area contributed by atoms with Gasteiger partial charge in [0.1, 0.15) is 6.54 Å². The van der Waals surface area contributed by atoms with Crippen LogP contribution in [0.5, 0.6) is 0 Å². The van der Waals surface area contributed by atoms with E-state index >= 15 is 0 Å². The van der Waals surface area contributed by atoms with Crippen LogP contribution in [0.15, 0.2) is 35.3 Å². The van der Waals surface area contributed by atoms with E-state index in [9.17, 15) is 4.79 Å². The van der Waals surface area contributed by atoms with Gasteiger partial charge in [-0.15, -0.1) is 0 Å². The van der Waals surface area contributed by atoms with E-state index in [0.29, 0.717) is 17.9 Å². The fourth-order valence-electron chi connectivity index (χ4n) is 3.33. The Labute approximate surface area is 175 Å². The highest BCUT2D eigenvalue weighted by Gasteiger charge is 2.24. The second-order valence-electron chi connectivity index (χ2n) is 7.96. The van der Waals surface area contributed by atoms with E-state index < -0.39 is 0 Å². The van der Waals surface area contributed by atoms with Gasteiger partial charge in [-0.3, -0.25) is 9.69 Å². The molecule has 1 amide bonds. The number of morpholine rings is 1. The number of hydrogen-bond acceptors (Lipinski definition) is 4. The zero-order valence-electron chi connectivity index (χ0n) is 18.4.